The van der Waals surface area contributed by atoms with Crippen molar-refractivity contribution in [3.05, 3.63) is 17.1 Å². The second-order valence-electron chi connectivity index (χ2n) is 4.36. The van der Waals surface area contributed by atoms with Crippen LogP contribution in [0.2, 0.25) is 0 Å². The van der Waals surface area contributed by atoms with E-state index < -0.39 is 0 Å². The van der Waals surface area contributed by atoms with Crippen LogP contribution in [0.5, 0.6) is 0 Å². The van der Waals surface area contributed by atoms with Crippen LogP contribution >= 0.6 is 24.0 Å². The number of benzene rings is 1. The summed E-state index contributed by atoms with van der Waals surface area (Å²) in [6.45, 7) is 7.24. The lowest BCUT2D eigenvalue weighted by molar-refractivity contribution is 0.557. The van der Waals surface area contributed by atoms with Gasteiger partial charge in [0, 0.05) is 7.05 Å². The maximum absolute atomic E-state index is 4.65. The maximum atomic E-state index is 4.65. The smallest absolute Gasteiger partial charge is 0.0969 e. The van der Waals surface area contributed by atoms with Gasteiger partial charge in [0.1, 0.15) is 0 Å². The monoisotopic (exact) mass is 281 g/mol. The van der Waals surface area contributed by atoms with E-state index in [0.717, 1.165) is 27.7 Å². The fourth-order valence-corrected chi connectivity index (χ4v) is 3.32. The van der Waals surface area contributed by atoms with Crippen molar-refractivity contribution in [1.29, 1.82) is 0 Å². The third-order valence-corrected chi connectivity index (χ3v) is 4.46. The second kappa shape index (κ2) is 5.47. The van der Waals surface area contributed by atoms with E-state index in [4.69, 9.17) is 0 Å². The zero-order valence-electron chi connectivity index (χ0n) is 11.2. The van der Waals surface area contributed by atoms with Crippen molar-refractivity contribution < 1.29 is 0 Å². The molecule has 0 amide bonds. The van der Waals surface area contributed by atoms with E-state index in [1.54, 1.807) is 11.3 Å². The SMILES string of the molecule is CCNC(C)N(C)c1ccc2sc(C)nc2c1S. The Labute approximate surface area is 118 Å². The van der Waals surface area contributed by atoms with Crippen molar-refractivity contribution in [2.45, 2.75) is 31.8 Å². The lowest BCUT2D eigenvalue weighted by Gasteiger charge is -2.28. The number of hydrogen-bond acceptors (Lipinski definition) is 5. The Morgan fingerprint density at radius 3 is 2.89 bits per heavy atom. The molecule has 0 spiro atoms. The highest BCUT2D eigenvalue weighted by molar-refractivity contribution is 7.80. The molecule has 1 N–H and O–H groups in total. The van der Waals surface area contributed by atoms with Gasteiger partial charge in [-0.05, 0) is 32.5 Å². The molecule has 2 aromatic rings. The molecule has 1 aromatic heterocycles. The van der Waals surface area contributed by atoms with Crippen LogP contribution in [0, 0.1) is 6.92 Å². The Morgan fingerprint density at radius 2 is 2.22 bits per heavy atom. The number of thiazole rings is 1. The number of aromatic nitrogens is 1. The summed E-state index contributed by atoms with van der Waals surface area (Å²) in [6, 6.07) is 4.25. The van der Waals surface area contributed by atoms with Crippen LogP contribution in [-0.4, -0.2) is 24.7 Å². The first-order valence-electron chi connectivity index (χ1n) is 6.10. The first-order valence-corrected chi connectivity index (χ1v) is 7.36. The number of nitrogens with zero attached hydrogens (tertiary/aromatic N) is 2. The van der Waals surface area contributed by atoms with Crippen LogP contribution in [0.1, 0.15) is 18.9 Å². The molecule has 0 saturated carbocycles. The van der Waals surface area contributed by atoms with Gasteiger partial charge in [0.25, 0.3) is 0 Å². The van der Waals surface area contributed by atoms with E-state index >= 15 is 0 Å². The maximum Gasteiger partial charge on any atom is 0.0969 e. The van der Waals surface area contributed by atoms with Gasteiger partial charge in [0.05, 0.1) is 32.0 Å². The number of thiol groups is 1. The molecule has 0 bridgehead atoms. The molecule has 5 heteroatoms. The van der Waals surface area contributed by atoms with Crippen molar-refractivity contribution in [1.82, 2.24) is 10.3 Å². The first-order chi connectivity index (χ1) is 8.54. The summed E-state index contributed by atoms with van der Waals surface area (Å²) in [5, 5.41) is 4.48. The van der Waals surface area contributed by atoms with Crippen molar-refractivity contribution in [2.24, 2.45) is 0 Å². The van der Waals surface area contributed by atoms with E-state index in [9.17, 15) is 0 Å². The molecule has 0 saturated heterocycles. The Balaban J connectivity index is 2.42. The fraction of sp³-hybridized carbons (Fsp3) is 0.462. The van der Waals surface area contributed by atoms with E-state index in [0.29, 0.717) is 0 Å². The number of rotatable bonds is 4. The van der Waals surface area contributed by atoms with Crippen molar-refractivity contribution in [2.75, 3.05) is 18.5 Å². The van der Waals surface area contributed by atoms with E-state index in [-0.39, 0.29) is 6.17 Å². The molecule has 1 unspecified atom stereocenters. The van der Waals surface area contributed by atoms with E-state index in [1.807, 2.05) is 6.92 Å². The van der Waals surface area contributed by atoms with Crippen LogP contribution < -0.4 is 10.2 Å². The molecule has 0 fully saturated rings. The Morgan fingerprint density at radius 1 is 1.50 bits per heavy atom. The van der Waals surface area contributed by atoms with Gasteiger partial charge in [-0.25, -0.2) is 4.98 Å². The molecule has 0 aliphatic heterocycles. The van der Waals surface area contributed by atoms with E-state index in [1.165, 1.54) is 4.70 Å². The van der Waals surface area contributed by atoms with Gasteiger partial charge >= 0.3 is 0 Å². The van der Waals surface area contributed by atoms with E-state index in [2.05, 4.69) is 60.9 Å². The zero-order valence-corrected chi connectivity index (χ0v) is 12.9. The lowest BCUT2D eigenvalue weighted by Crippen LogP contribution is -2.41. The average molecular weight is 281 g/mol. The number of hydrogen-bond donors (Lipinski definition) is 2. The van der Waals surface area contributed by atoms with Crippen molar-refractivity contribution in [3.8, 4) is 0 Å². The highest BCUT2D eigenvalue weighted by atomic mass is 32.1. The topological polar surface area (TPSA) is 28.2 Å². The fourth-order valence-electron chi connectivity index (χ4n) is 2.01. The minimum absolute atomic E-state index is 0.276. The van der Waals surface area contributed by atoms with Gasteiger partial charge < -0.3 is 4.90 Å². The van der Waals surface area contributed by atoms with Gasteiger partial charge in [0.2, 0.25) is 0 Å². The molecule has 0 aliphatic rings. The van der Waals surface area contributed by atoms with Gasteiger partial charge in [-0.15, -0.1) is 24.0 Å². The lowest BCUT2D eigenvalue weighted by atomic mass is 10.2. The molecule has 0 aliphatic carbocycles. The van der Waals surface area contributed by atoms with Crippen LogP contribution in [0.25, 0.3) is 10.2 Å². The summed E-state index contributed by atoms with van der Waals surface area (Å²) >= 11 is 6.37. The van der Waals surface area contributed by atoms with Crippen LogP contribution in [0.3, 0.4) is 0 Å². The van der Waals surface area contributed by atoms with Crippen LogP contribution in [0.4, 0.5) is 5.69 Å². The van der Waals surface area contributed by atoms with Gasteiger partial charge in [0.15, 0.2) is 0 Å². The molecule has 1 aromatic carbocycles. The average Bonchev–Trinajstić information content (AvgIpc) is 2.71. The third-order valence-electron chi connectivity index (χ3n) is 3.08. The molecule has 2 rings (SSSR count). The Hall–Kier alpha value is -0.780. The van der Waals surface area contributed by atoms with Gasteiger partial charge in [-0.1, -0.05) is 6.92 Å². The van der Waals surface area contributed by atoms with Crippen LogP contribution in [0.15, 0.2) is 17.0 Å². The summed E-state index contributed by atoms with van der Waals surface area (Å²) < 4.78 is 1.20. The molecule has 98 valence electrons. The summed E-state index contributed by atoms with van der Waals surface area (Å²) in [4.78, 5) is 7.71. The second-order valence-corrected chi connectivity index (χ2v) is 6.04. The number of fused-ring (bicyclic) bond motifs is 1. The van der Waals surface area contributed by atoms with Crippen LogP contribution in [-0.2, 0) is 0 Å². The quantitative estimate of drug-likeness (QED) is 0.665. The highest BCUT2D eigenvalue weighted by Gasteiger charge is 2.15. The molecule has 18 heavy (non-hydrogen) atoms. The molecular weight excluding hydrogens is 262 g/mol. The number of anilines is 1. The first kappa shape index (κ1) is 13.6. The predicted molar refractivity (Wildman–Crippen MR) is 83.2 cm³/mol. The van der Waals surface area contributed by atoms with Gasteiger partial charge in [-0.2, -0.15) is 0 Å². The third kappa shape index (κ3) is 2.48. The van der Waals surface area contributed by atoms with Crippen molar-refractivity contribution >= 4 is 39.9 Å². The predicted octanol–water partition coefficient (Wildman–Crippen LogP) is 3.29. The standard InChI is InChI=1S/C13H19N3S2/c1-5-14-8(2)16(4)10-6-7-11-12(13(10)17)15-9(3)18-11/h6-8,14,17H,5H2,1-4H3. The minimum Gasteiger partial charge on any atom is -0.358 e. The van der Waals surface area contributed by atoms with Gasteiger partial charge in [-0.3, -0.25) is 5.32 Å². The molecule has 1 heterocycles. The largest absolute Gasteiger partial charge is 0.358 e. The molecule has 1 atom stereocenters. The minimum atomic E-state index is 0.276. The Bertz CT molecular complexity index is 550. The summed E-state index contributed by atoms with van der Waals surface area (Å²) in [6.07, 6.45) is 0.276. The number of nitrogens with one attached hydrogen (secondary N) is 1. The molecule has 3 nitrogen and oxygen atoms in total. The molecule has 0 radical (unpaired) electrons. The Kier molecular flexibility index (Phi) is 4.14. The normalized spacial score (nSPS) is 12.9. The summed E-state index contributed by atoms with van der Waals surface area (Å²) in [7, 11) is 2.08. The van der Waals surface area contributed by atoms with Crippen molar-refractivity contribution in [3.63, 3.8) is 0 Å². The summed E-state index contributed by atoms with van der Waals surface area (Å²) in [5.41, 5.74) is 2.12. The summed E-state index contributed by atoms with van der Waals surface area (Å²) in [5.74, 6) is 0. The zero-order chi connectivity index (χ0) is 13.3. The molecular formula is C13H19N3S2. The highest BCUT2D eigenvalue weighted by Crippen LogP contribution is 2.34. The number of aryl methyl sites for hydroxylation is 1.